The van der Waals surface area contributed by atoms with Gasteiger partial charge in [-0.2, -0.15) is 10.4 Å². The lowest BCUT2D eigenvalue weighted by Gasteiger charge is -2.14. The molecule has 3 aromatic rings. The molecule has 0 aliphatic carbocycles. The monoisotopic (exact) mass is 375 g/mol. The summed E-state index contributed by atoms with van der Waals surface area (Å²) in [7, 11) is 1.73. The average Bonchev–Trinajstić information content (AvgIpc) is 2.86. The highest BCUT2D eigenvalue weighted by molar-refractivity contribution is 6.30. The Bertz CT molecular complexity index is 1160. The number of nitrogens with zero attached hydrogens (tertiary/aromatic N) is 5. The molecule has 3 aromatic heterocycles. The van der Waals surface area contributed by atoms with E-state index in [-0.39, 0.29) is 17.0 Å². The lowest BCUT2D eigenvalue weighted by atomic mass is 10.1. The van der Waals surface area contributed by atoms with Gasteiger partial charge in [0.25, 0.3) is 5.56 Å². The zero-order valence-electron chi connectivity index (χ0n) is 14.5. The molecule has 0 saturated carbocycles. The molecule has 0 bridgehead atoms. The molecule has 7 nitrogen and oxygen atoms in total. The summed E-state index contributed by atoms with van der Waals surface area (Å²) in [4.78, 5) is 16.9. The fourth-order valence-electron chi connectivity index (χ4n) is 2.84. The van der Waals surface area contributed by atoms with Crippen LogP contribution in [-0.4, -0.2) is 24.4 Å². The summed E-state index contributed by atoms with van der Waals surface area (Å²) in [6, 6.07) is 2.64. The van der Waals surface area contributed by atoms with Crippen molar-refractivity contribution in [3.8, 4) is 17.5 Å². The van der Waals surface area contributed by atoms with Crippen LogP contribution in [0.2, 0.25) is 5.15 Å². The molecule has 1 N–H and O–H groups in total. The first kappa shape index (κ1) is 17.9. The molecule has 134 valence electrons. The van der Waals surface area contributed by atoms with Gasteiger partial charge < -0.3 is 5.11 Å². The molecule has 0 aliphatic heterocycles. The number of rotatable bonds is 2. The predicted octanol–water partition coefficient (Wildman–Crippen LogP) is 2.92. The van der Waals surface area contributed by atoms with Gasteiger partial charge in [-0.05, 0) is 18.9 Å². The normalized spacial score (nSPS) is 11.3. The first-order valence-electron chi connectivity index (χ1n) is 7.76. The van der Waals surface area contributed by atoms with Gasteiger partial charge in [0.15, 0.2) is 22.2 Å². The minimum absolute atomic E-state index is 0.0397. The van der Waals surface area contributed by atoms with Crippen LogP contribution in [0.3, 0.4) is 0 Å². The fourth-order valence-corrected chi connectivity index (χ4v) is 2.98. The van der Waals surface area contributed by atoms with Crippen molar-refractivity contribution in [1.82, 2.24) is 19.3 Å². The van der Waals surface area contributed by atoms with Crippen LogP contribution in [0.1, 0.15) is 36.7 Å². The maximum absolute atomic E-state index is 13.9. The Kier molecular flexibility index (Phi) is 4.20. The van der Waals surface area contributed by atoms with Crippen LogP contribution in [-0.2, 0) is 7.05 Å². The van der Waals surface area contributed by atoms with E-state index in [0.717, 1.165) is 10.6 Å². The Balaban J connectivity index is 2.63. The van der Waals surface area contributed by atoms with Crippen LogP contribution in [0.4, 0.5) is 4.39 Å². The number of aromatic nitrogens is 4. The third-order valence-corrected chi connectivity index (χ3v) is 4.51. The van der Waals surface area contributed by atoms with Gasteiger partial charge in [-0.15, -0.1) is 0 Å². The number of halogens is 2. The molecule has 9 heteroatoms. The Labute approximate surface area is 152 Å². The Morgan fingerprint density at radius 1 is 1.42 bits per heavy atom. The van der Waals surface area contributed by atoms with Crippen molar-refractivity contribution in [2.45, 2.75) is 26.7 Å². The quantitative estimate of drug-likeness (QED) is 0.694. The van der Waals surface area contributed by atoms with Crippen molar-refractivity contribution >= 4 is 22.6 Å². The number of hydrogen-bond acceptors (Lipinski definition) is 5. The summed E-state index contributed by atoms with van der Waals surface area (Å²) in [6.07, 6.45) is 0. The molecule has 0 radical (unpaired) electrons. The largest absolute Gasteiger partial charge is 0.506 e. The Morgan fingerprint density at radius 3 is 2.65 bits per heavy atom. The molecule has 0 atom stereocenters. The average molecular weight is 376 g/mol. The van der Waals surface area contributed by atoms with E-state index in [1.54, 1.807) is 24.7 Å². The number of fused-ring (bicyclic) bond motifs is 1. The summed E-state index contributed by atoms with van der Waals surface area (Å²) in [5.41, 5.74) is 0.365. The smallest absolute Gasteiger partial charge is 0.278 e. The fraction of sp³-hybridized carbons (Fsp3) is 0.294. The molecule has 3 heterocycles. The van der Waals surface area contributed by atoms with Crippen molar-refractivity contribution in [3.05, 3.63) is 44.3 Å². The first-order chi connectivity index (χ1) is 12.2. The summed E-state index contributed by atoms with van der Waals surface area (Å²) in [6.45, 7) is 5.57. The number of pyridine rings is 2. The summed E-state index contributed by atoms with van der Waals surface area (Å²) < 4.78 is 16.7. The standard InChI is InChI=1S/C17H15ClFN5O2/c1-7(2)12-13(8(3)23(4)22-12)24-16-9(5-11(19)15(18)21-16)14(25)10(6-20)17(24)26/h5,7,25H,1-4H3. The maximum atomic E-state index is 13.9. The van der Waals surface area contributed by atoms with Gasteiger partial charge >= 0.3 is 0 Å². The van der Waals surface area contributed by atoms with Crippen LogP contribution in [0.15, 0.2) is 10.9 Å². The second-order valence-electron chi connectivity index (χ2n) is 6.21. The number of aromatic hydroxyl groups is 1. The van der Waals surface area contributed by atoms with Crippen molar-refractivity contribution < 1.29 is 9.50 Å². The molecule has 0 amide bonds. The number of aryl methyl sites for hydroxylation is 1. The molecule has 26 heavy (non-hydrogen) atoms. The zero-order valence-corrected chi connectivity index (χ0v) is 15.3. The molecule has 0 aromatic carbocycles. The van der Waals surface area contributed by atoms with E-state index in [2.05, 4.69) is 10.1 Å². The second kappa shape index (κ2) is 6.11. The second-order valence-corrected chi connectivity index (χ2v) is 6.56. The van der Waals surface area contributed by atoms with Gasteiger partial charge in [-0.1, -0.05) is 25.4 Å². The highest BCUT2D eigenvalue weighted by Gasteiger charge is 2.25. The number of hydrogen-bond donors (Lipinski definition) is 1. The van der Waals surface area contributed by atoms with E-state index in [1.165, 1.54) is 0 Å². The van der Waals surface area contributed by atoms with Crippen LogP contribution < -0.4 is 5.56 Å². The molecular weight excluding hydrogens is 361 g/mol. The zero-order chi connectivity index (χ0) is 19.3. The van der Waals surface area contributed by atoms with Gasteiger partial charge in [0.2, 0.25) is 0 Å². The lowest BCUT2D eigenvalue weighted by molar-refractivity contribution is 0.477. The van der Waals surface area contributed by atoms with E-state index < -0.39 is 27.8 Å². The SMILES string of the molecule is Cc1c(-n2c(=O)c(C#N)c(O)c3cc(F)c(Cl)nc32)c(C(C)C)nn1C. The predicted molar refractivity (Wildman–Crippen MR) is 94.3 cm³/mol. The third-order valence-electron chi connectivity index (χ3n) is 4.24. The van der Waals surface area contributed by atoms with E-state index in [0.29, 0.717) is 17.1 Å². The Morgan fingerprint density at radius 2 is 2.08 bits per heavy atom. The van der Waals surface area contributed by atoms with E-state index in [1.807, 2.05) is 13.8 Å². The third kappa shape index (κ3) is 2.44. The van der Waals surface area contributed by atoms with Crippen LogP contribution in [0, 0.1) is 24.1 Å². The van der Waals surface area contributed by atoms with Crippen LogP contribution >= 0.6 is 11.6 Å². The van der Waals surface area contributed by atoms with Crippen LogP contribution in [0.25, 0.3) is 16.7 Å². The van der Waals surface area contributed by atoms with E-state index >= 15 is 0 Å². The van der Waals surface area contributed by atoms with Gasteiger partial charge in [-0.3, -0.25) is 14.0 Å². The van der Waals surface area contributed by atoms with E-state index in [9.17, 15) is 19.6 Å². The summed E-state index contributed by atoms with van der Waals surface area (Å²) in [5.74, 6) is -1.53. The van der Waals surface area contributed by atoms with Gasteiger partial charge in [-0.25, -0.2) is 9.37 Å². The molecule has 0 saturated heterocycles. The highest BCUT2D eigenvalue weighted by atomic mass is 35.5. The van der Waals surface area contributed by atoms with Crippen molar-refractivity contribution in [2.24, 2.45) is 7.05 Å². The minimum Gasteiger partial charge on any atom is -0.506 e. The lowest BCUT2D eigenvalue weighted by Crippen LogP contribution is -2.24. The van der Waals surface area contributed by atoms with Gasteiger partial charge in [0.1, 0.15) is 11.8 Å². The van der Waals surface area contributed by atoms with Crippen molar-refractivity contribution in [3.63, 3.8) is 0 Å². The van der Waals surface area contributed by atoms with E-state index in [4.69, 9.17) is 11.6 Å². The molecule has 0 spiro atoms. The topological polar surface area (TPSA) is 96.7 Å². The minimum atomic E-state index is -0.865. The highest BCUT2D eigenvalue weighted by Crippen LogP contribution is 2.32. The molecule has 0 fully saturated rings. The van der Waals surface area contributed by atoms with Gasteiger partial charge in [0.05, 0.1) is 22.5 Å². The molecule has 3 rings (SSSR count). The summed E-state index contributed by atoms with van der Waals surface area (Å²) >= 11 is 5.80. The van der Waals surface area contributed by atoms with Crippen molar-refractivity contribution in [2.75, 3.05) is 0 Å². The van der Waals surface area contributed by atoms with Crippen LogP contribution in [0.5, 0.6) is 5.75 Å². The Hall–Kier alpha value is -2.92. The molecular formula is C17H15ClFN5O2. The maximum Gasteiger partial charge on any atom is 0.278 e. The molecule has 0 unspecified atom stereocenters. The first-order valence-corrected chi connectivity index (χ1v) is 8.14. The number of nitriles is 1. The van der Waals surface area contributed by atoms with Gasteiger partial charge in [0, 0.05) is 7.05 Å². The summed E-state index contributed by atoms with van der Waals surface area (Å²) in [5, 5.41) is 23.5. The van der Waals surface area contributed by atoms with Crippen molar-refractivity contribution in [1.29, 1.82) is 5.26 Å². The molecule has 0 aliphatic rings.